The molecule has 6 heteroatoms. The SMILES string of the molecule is O=C(O)CC(Cl)Oc1ccc(C(=O)Cl)cc1. The van der Waals surface area contributed by atoms with E-state index in [-0.39, 0.29) is 6.42 Å². The molecule has 0 aromatic heterocycles. The maximum atomic E-state index is 10.7. The maximum absolute atomic E-state index is 10.7. The summed E-state index contributed by atoms with van der Waals surface area (Å²) in [6, 6.07) is 5.92. The number of carboxylic acids is 1. The average molecular weight is 263 g/mol. The fourth-order valence-corrected chi connectivity index (χ4v) is 1.35. The highest BCUT2D eigenvalue weighted by atomic mass is 35.5. The number of rotatable bonds is 5. The quantitative estimate of drug-likeness (QED) is 0.654. The van der Waals surface area contributed by atoms with Crippen LogP contribution in [0.25, 0.3) is 0 Å². The molecule has 0 aliphatic rings. The number of alkyl halides is 1. The molecule has 0 saturated carbocycles. The predicted molar refractivity (Wildman–Crippen MR) is 59.1 cm³/mol. The predicted octanol–water partition coefficient (Wildman–Crippen LogP) is 2.48. The molecule has 16 heavy (non-hydrogen) atoms. The summed E-state index contributed by atoms with van der Waals surface area (Å²) in [6.45, 7) is 0. The van der Waals surface area contributed by atoms with Crippen LogP contribution in [0.2, 0.25) is 0 Å². The summed E-state index contributed by atoms with van der Waals surface area (Å²) in [7, 11) is 0. The number of ether oxygens (including phenoxy) is 1. The molecule has 1 rings (SSSR count). The summed E-state index contributed by atoms with van der Waals surface area (Å²) in [5.41, 5.74) is -0.617. The van der Waals surface area contributed by atoms with E-state index < -0.39 is 16.8 Å². The number of carboxylic acid groups (broad SMARTS) is 1. The highest BCUT2D eigenvalue weighted by Gasteiger charge is 2.11. The zero-order valence-electron chi connectivity index (χ0n) is 8.02. The van der Waals surface area contributed by atoms with Crippen molar-refractivity contribution in [1.82, 2.24) is 0 Å². The number of hydrogen-bond acceptors (Lipinski definition) is 3. The Balaban J connectivity index is 2.61. The van der Waals surface area contributed by atoms with Crippen LogP contribution in [0.4, 0.5) is 0 Å². The zero-order chi connectivity index (χ0) is 12.1. The molecule has 1 N–H and O–H groups in total. The van der Waals surface area contributed by atoms with Crippen LogP contribution in [-0.4, -0.2) is 21.9 Å². The molecule has 1 aromatic rings. The first-order valence-corrected chi connectivity index (χ1v) is 5.13. The molecule has 0 spiro atoms. The van der Waals surface area contributed by atoms with E-state index in [0.717, 1.165) is 0 Å². The topological polar surface area (TPSA) is 63.6 Å². The number of hydrogen-bond donors (Lipinski definition) is 1. The Morgan fingerprint density at radius 3 is 2.31 bits per heavy atom. The molecule has 1 unspecified atom stereocenters. The van der Waals surface area contributed by atoms with Gasteiger partial charge in [-0.1, -0.05) is 11.6 Å². The van der Waals surface area contributed by atoms with E-state index in [1.54, 1.807) is 0 Å². The third-order valence-corrected chi connectivity index (χ3v) is 2.14. The smallest absolute Gasteiger partial charge is 0.308 e. The van der Waals surface area contributed by atoms with E-state index in [2.05, 4.69) is 0 Å². The van der Waals surface area contributed by atoms with Gasteiger partial charge in [-0.15, -0.1) is 0 Å². The Bertz CT molecular complexity index is 388. The average Bonchev–Trinajstić information content (AvgIpc) is 2.16. The first-order valence-electron chi connectivity index (χ1n) is 4.31. The van der Waals surface area contributed by atoms with Gasteiger partial charge in [0.05, 0.1) is 6.42 Å². The normalized spacial score (nSPS) is 11.9. The second kappa shape index (κ2) is 5.72. The van der Waals surface area contributed by atoms with Gasteiger partial charge in [-0.2, -0.15) is 0 Å². The molecule has 0 aliphatic carbocycles. The molecule has 4 nitrogen and oxygen atoms in total. The van der Waals surface area contributed by atoms with Crippen molar-refractivity contribution in [3.8, 4) is 5.75 Å². The summed E-state index contributed by atoms with van der Waals surface area (Å²) in [5.74, 6) is -0.671. The van der Waals surface area contributed by atoms with Gasteiger partial charge >= 0.3 is 5.97 Å². The third kappa shape index (κ3) is 4.08. The minimum absolute atomic E-state index is 0.308. The molecule has 1 atom stereocenters. The van der Waals surface area contributed by atoms with E-state index in [1.807, 2.05) is 0 Å². The molecular formula is C10H8Cl2O4. The summed E-state index contributed by atoms with van der Waals surface area (Å²) in [5, 5.41) is 7.88. The number of carbonyl (C=O) groups is 2. The van der Waals surface area contributed by atoms with Gasteiger partial charge in [0, 0.05) is 5.56 Å². The van der Waals surface area contributed by atoms with Gasteiger partial charge in [-0.25, -0.2) is 0 Å². The summed E-state index contributed by atoms with van der Waals surface area (Å²) < 4.78 is 5.09. The van der Waals surface area contributed by atoms with Crippen molar-refractivity contribution < 1.29 is 19.4 Å². The molecule has 1 aromatic carbocycles. The first-order chi connectivity index (χ1) is 7.49. The lowest BCUT2D eigenvalue weighted by atomic mass is 10.2. The van der Waals surface area contributed by atoms with Crippen LogP contribution in [0, 0.1) is 0 Å². The summed E-state index contributed by atoms with van der Waals surface area (Å²) in [6.07, 6.45) is -0.308. The second-order valence-electron chi connectivity index (χ2n) is 2.92. The molecule has 86 valence electrons. The molecule has 0 bridgehead atoms. The van der Waals surface area contributed by atoms with E-state index in [4.69, 9.17) is 33.0 Å². The van der Waals surface area contributed by atoms with E-state index in [9.17, 15) is 9.59 Å². The Morgan fingerprint density at radius 1 is 1.31 bits per heavy atom. The van der Waals surface area contributed by atoms with Crippen molar-refractivity contribution in [3.05, 3.63) is 29.8 Å². The Morgan fingerprint density at radius 2 is 1.88 bits per heavy atom. The highest BCUT2D eigenvalue weighted by Crippen LogP contribution is 2.17. The molecule has 0 amide bonds. The number of aliphatic carboxylic acids is 1. The minimum atomic E-state index is -1.05. The van der Waals surface area contributed by atoms with Crippen LogP contribution in [0.15, 0.2) is 24.3 Å². The fraction of sp³-hybridized carbons (Fsp3) is 0.200. The van der Waals surface area contributed by atoms with Crippen molar-refractivity contribution in [2.75, 3.05) is 0 Å². The van der Waals surface area contributed by atoms with Crippen molar-refractivity contribution in [2.45, 2.75) is 12.0 Å². The summed E-state index contributed by atoms with van der Waals surface area (Å²) in [4.78, 5) is 21.1. The lowest BCUT2D eigenvalue weighted by molar-refractivity contribution is -0.137. The monoisotopic (exact) mass is 262 g/mol. The van der Waals surface area contributed by atoms with Crippen LogP contribution in [0.5, 0.6) is 5.75 Å². The Hall–Kier alpha value is -1.26. The first kappa shape index (κ1) is 12.8. The Kier molecular flexibility index (Phi) is 4.58. The summed E-state index contributed by atoms with van der Waals surface area (Å²) >= 11 is 10.9. The largest absolute Gasteiger partial charge is 0.481 e. The fourth-order valence-electron chi connectivity index (χ4n) is 0.991. The molecule has 0 heterocycles. The third-order valence-electron chi connectivity index (χ3n) is 1.68. The lowest BCUT2D eigenvalue weighted by Crippen LogP contribution is -2.13. The number of carbonyl (C=O) groups excluding carboxylic acids is 1. The zero-order valence-corrected chi connectivity index (χ0v) is 9.53. The van der Waals surface area contributed by atoms with Gasteiger partial charge in [0.15, 0.2) is 5.56 Å². The van der Waals surface area contributed by atoms with Gasteiger partial charge in [-0.05, 0) is 35.9 Å². The van der Waals surface area contributed by atoms with Crippen molar-refractivity contribution in [2.24, 2.45) is 0 Å². The molecular weight excluding hydrogens is 255 g/mol. The highest BCUT2D eigenvalue weighted by molar-refractivity contribution is 6.67. The molecule has 0 aliphatic heterocycles. The molecule has 0 fully saturated rings. The maximum Gasteiger partial charge on any atom is 0.308 e. The van der Waals surface area contributed by atoms with Crippen LogP contribution >= 0.6 is 23.2 Å². The van der Waals surface area contributed by atoms with E-state index >= 15 is 0 Å². The van der Waals surface area contributed by atoms with E-state index in [1.165, 1.54) is 24.3 Å². The van der Waals surface area contributed by atoms with Gasteiger partial charge in [0.1, 0.15) is 5.75 Å². The van der Waals surface area contributed by atoms with Crippen LogP contribution in [-0.2, 0) is 4.79 Å². The van der Waals surface area contributed by atoms with Gasteiger partial charge in [0.25, 0.3) is 5.24 Å². The van der Waals surface area contributed by atoms with Crippen LogP contribution in [0.3, 0.4) is 0 Å². The van der Waals surface area contributed by atoms with Gasteiger partial charge in [0.2, 0.25) is 0 Å². The molecule has 0 saturated heterocycles. The van der Waals surface area contributed by atoms with Crippen LogP contribution in [0.1, 0.15) is 16.8 Å². The number of benzene rings is 1. The van der Waals surface area contributed by atoms with Crippen molar-refractivity contribution >= 4 is 34.4 Å². The standard InChI is InChI=1S/C10H8Cl2O4/c11-8(5-9(13)14)16-7-3-1-6(2-4-7)10(12)15/h1-4,8H,5H2,(H,13,14). The van der Waals surface area contributed by atoms with Gasteiger partial charge < -0.3 is 9.84 Å². The van der Waals surface area contributed by atoms with E-state index in [0.29, 0.717) is 11.3 Å². The van der Waals surface area contributed by atoms with Crippen molar-refractivity contribution in [1.29, 1.82) is 0 Å². The van der Waals surface area contributed by atoms with Crippen LogP contribution < -0.4 is 4.74 Å². The van der Waals surface area contributed by atoms with Crippen molar-refractivity contribution in [3.63, 3.8) is 0 Å². The minimum Gasteiger partial charge on any atom is -0.481 e. The second-order valence-corrected chi connectivity index (χ2v) is 3.75. The Labute approximate surface area is 102 Å². The lowest BCUT2D eigenvalue weighted by Gasteiger charge is -2.10. The number of halogens is 2. The van der Waals surface area contributed by atoms with Gasteiger partial charge in [-0.3, -0.25) is 9.59 Å². The molecule has 0 radical (unpaired) electrons.